The van der Waals surface area contributed by atoms with Crippen LogP contribution in [0.5, 0.6) is 0 Å². The predicted octanol–water partition coefficient (Wildman–Crippen LogP) is 3.67. The van der Waals surface area contributed by atoms with Crippen molar-refractivity contribution in [2.75, 3.05) is 44.2 Å². The third-order valence-electron chi connectivity index (χ3n) is 6.42. The maximum Gasteiger partial charge on any atom is 0.417 e. The Morgan fingerprint density at radius 2 is 1.76 bits per heavy atom. The summed E-state index contributed by atoms with van der Waals surface area (Å²) in [7, 11) is 0. The minimum Gasteiger partial charge on any atom is -0.355 e. The van der Waals surface area contributed by atoms with Gasteiger partial charge in [-0.05, 0) is 51.3 Å². The van der Waals surface area contributed by atoms with E-state index in [-0.39, 0.29) is 16.8 Å². The molecule has 0 N–H and O–H groups in total. The minimum absolute atomic E-state index is 0.00222. The van der Waals surface area contributed by atoms with Gasteiger partial charge in [-0.2, -0.15) is 13.2 Å². The molecule has 3 fully saturated rings. The number of likely N-dealkylation sites (tertiary alicyclic amines) is 2. The second-order valence-electron chi connectivity index (χ2n) is 8.26. The summed E-state index contributed by atoms with van der Waals surface area (Å²) >= 11 is 6.07. The quantitative estimate of drug-likeness (QED) is 0.733. The van der Waals surface area contributed by atoms with E-state index in [9.17, 15) is 18.0 Å². The number of aromatic nitrogens is 1. The number of halogens is 4. The van der Waals surface area contributed by atoms with Gasteiger partial charge in [0.1, 0.15) is 5.82 Å². The van der Waals surface area contributed by atoms with Crippen LogP contribution in [0.4, 0.5) is 19.0 Å². The molecule has 0 bridgehead atoms. The Morgan fingerprint density at radius 3 is 2.38 bits per heavy atom. The van der Waals surface area contributed by atoms with Crippen molar-refractivity contribution < 1.29 is 18.0 Å². The second-order valence-corrected chi connectivity index (χ2v) is 8.67. The summed E-state index contributed by atoms with van der Waals surface area (Å²) in [5.74, 6) is 0.551. The van der Waals surface area contributed by atoms with E-state index < -0.39 is 11.7 Å². The van der Waals surface area contributed by atoms with Gasteiger partial charge in [-0.3, -0.25) is 9.69 Å². The van der Waals surface area contributed by atoms with Crippen LogP contribution in [0.1, 0.15) is 37.7 Å². The third kappa shape index (κ3) is 4.48. The molecule has 0 saturated carbocycles. The van der Waals surface area contributed by atoms with Crippen molar-refractivity contribution in [3.05, 3.63) is 22.8 Å². The lowest BCUT2D eigenvalue weighted by Gasteiger charge is -2.34. The average Bonchev–Trinajstić information content (AvgIpc) is 3.38. The number of carbonyl (C=O) groups is 1. The van der Waals surface area contributed by atoms with Gasteiger partial charge in [0.15, 0.2) is 0 Å². The number of pyridine rings is 1. The highest BCUT2D eigenvalue weighted by molar-refractivity contribution is 6.33. The standard InChI is InChI=1S/C20H26ClF3N4O/c21-17-11-15(20(22,23)24)12-25-18(17)27-8-3-14(4-9-27)19(29)28-10-5-16(13-28)26-6-1-2-7-26/h11-12,14,16H,1-10,13H2/t16-/m0/s1. The SMILES string of the molecule is O=C(C1CCN(c2ncc(C(F)(F)F)cc2Cl)CC1)N1CC[C@H](N2CCCC2)C1. The number of rotatable bonds is 3. The fourth-order valence-corrected chi connectivity index (χ4v) is 5.05. The number of anilines is 1. The van der Waals surface area contributed by atoms with E-state index in [4.69, 9.17) is 11.6 Å². The van der Waals surface area contributed by atoms with Crippen LogP contribution in [0.3, 0.4) is 0 Å². The summed E-state index contributed by atoms with van der Waals surface area (Å²) in [6, 6.07) is 1.42. The molecule has 1 amide bonds. The van der Waals surface area contributed by atoms with Gasteiger partial charge in [-0.25, -0.2) is 4.98 Å². The van der Waals surface area contributed by atoms with Crippen LogP contribution in [0.2, 0.25) is 5.02 Å². The molecule has 1 aromatic rings. The Labute approximate surface area is 173 Å². The predicted molar refractivity (Wildman–Crippen MR) is 105 cm³/mol. The smallest absolute Gasteiger partial charge is 0.355 e. The minimum atomic E-state index is -4.46. The molecule has 1 atom stereocenters. The Kier molecular flexibility index (Phi) is 5.93. The van der Waals surface area contributed by atoms with Crippen molar-refractivity contribution in [2.45, 2.75) is 44.3 Å². The molecular weight excluding hydrogens is 405 g/mol. The van der Waals surface area contributed by atoms with Gasteiger partial charge in [-0.15, -0.1) is 0 Å². The molecule has 0 spiro atoms. The molecular formula is C20H26ClF3N4O. The summed E-state index contributed by atoms with van der Waals surface area (Å²) in [5.41, 5.74) is -0.849. The molecule has 5 nitrogen and oxygen atoms in total. The van der Waals surface area contributed by atoms with Crippen molar-refractivity contribution in [3.63, 3.8) is 0 Å². The van der Waals surface area contributed by atoms with Gasteiger partial charge in [-0.1, -0.05) is 11.6 Å². The normalized spacial score (nSPS) is 24.5. The molecule has 1 aromatic heterocycles. The maximum atomic E-state index is 12.9. The summed E-state index contributed by atoms with van der Waals surface area (Å²) in [4.78, 5) is 23.3. The molecule has 0 aliphatic carbocycles. The van der Waals surface area contributed by atoms with Gasteiger partial charge in [0, 0.05) is 44.3 Å². The molecule has 9 heteroatoms. The first-order valence-corrected chi connectivity index (χ1v) is 10.7. The number of alkyl halides is 3. The lowest BCUT2D eigenvalue weighted by Crippen LogP contribution is -2.43. The van der Waals surface area contributed by atoms with Crippen molar-refractivity contribution in [3.8, 4) is 0 Å². The zero-order valence-electron chi connectivity index (χ0n) is 16.3. The lowest BCUT2D eigenvalue weighted by molar-refractivity contribution is -0.138. The third-order valence-corrected chi connectivity index (χ3v) is 6.70. The van der Waals surface area contributed by atoms with Crippen molar-refractivity contribution in [1.29, 1.82) is 0 Å². The molecule has 0 aromatic carbocycles. The van der Waals surface area contributed by atoms with Crippen molar-refractivity contribution in [2.24, 2.45) is 5.92 Å². The number of amides is 1. The number of nitrogens with zero attached hydrogens (tertiary/aromatic N) is 4. The van der Waals surface area contributed by atoms with Crippen LogP contribution in [-0.2, 0) is 11.0 Å². The van der Waals surface area contributed by atoms with Gasteiger partial charge in [0.25, 0.3) is 0 Å². The van der Waals surface area contributed by atoms with E-state index in [0.717, 1.165) is 44.9 Å². The Hall–Kier alpha value is -1.54. The molecule has 3 saturated heterocycles. The first kappa shape index (κ1) is 20.7. The van der Waals surface area contributed by atoms with Gasteiger partial charge < -0.3 is 9.80 Å². The Bertz CT molecular complexity index is 746. The fraction of sp³-hybridized carbons (Fsp3) is 0.700. The molecule has 4 rings (SSSR count). The van der Waals surface area contributed by atoms with Crippen LogP contribution in [0.15, 0.2) is 12.3 Å². The largest absolute Gasteiger partial charge is 0.417 e. The summed E-state index contributed by atoms with van der Waals surface area (Å²) in [6.45, 7) is 5.07. The number of carbonyl (C=O) groups excluding carboxylic acids is 1. The Morgan fingerprint density at radius 1 is 1.07 bits per heavy atom. The second kappa shape index (κ2) is 8.30. The van der Waals surface area contributed by atoms with Crippen molar-refractivity contribution in [1.82, 2.24) is 14.8 Å². The Balaban J connectivity index is 1.32. The van der Waals surface area contributed by atoms with Crippen molar-refractivity contribution >= 4 is 23.3 Å². The zero-order chi connectivity index (χ0) is 20.6. The lowest BCUT2D eigenvalue weighted by atomic mass is 9.95. The van der Waals surface area contributed by atoms with Crippen LogP contribution in [-0.4, -0.2) is 66.0 Å². The van der Waals surface area contributed by atoms with Gasteiger partial charge in [0.05, 0.1) is 10.6 Å². The van der Waals surface area contributed by atoms with Crippen LogP contribution < -0.4 is 4.90 Å². The highest BCUT2D eigenvalue weighted by Crippen LogP contribution is 2.35. The highest BCUT2D eigenvalue weighted by atomic mass is 35.5. The average molecular weight is 431 g/mol. The number of hydrogen-bond donors (Lipinski definition) is 0. The topological polar surface area (TPSA) is 39.7 Å². The van der Waals surface area contributed by atoms with Gasteiger partial charge in [0.2, 0.25) is 5.91 Å². The molecule has 160 valence electrons. The maximum absolute atomic E-state index is 12.9. The van der Waals surface area contributed by atoms with E-state index in [1.165, 1.54) is 12.8 Å². The van der Waals surface area contributed by atoms with Gasteiger partial charge >= 0.3 is 6.18 Å². The monoisotopic (exact) mass is 430 g/mol. The number of hydrogen-bond acceptors (Lipinski definition) is 4. The molecule has 3 aliphatic rings. The molecule has 0 unspecified atom stereocenters. The molecule has 3 aliphatic heterocycles. The van der Waals surface area contributed by atoms with Crippen LogP contribution in [0, 0.1) is 5.92 Å². The summed E-state index contributed by atoms with van der Waals surface area (Å²) in [6.07, 6.45) is 1.26. The van der Waals surface area contributed by atoms with Crippen LogP contribution >= 0.6 is 11.6 Å². The highest BCUT2D eigenvalue weighted by Gasteiger charge is 2.36. The molecule has 0 radical (unpaired) electrons. The summed E-state index contributed by atoms with van der Waals surface area (Å²) < 4.78 is 38.4. The molecule has 4 heterocycles. The molecule has 29 heavy (non-hydrogen) atoms. The zero-order valence-corrected chi connectivity index (χ0v) is 17.1. The number of piperidine rings is 1. The fourth-order valence-electron chi connectivity index (χ4n) is 4.76. The van der Waals surface area contributed by atoms with E-state index in [0.29, 0.717) is 37.8 Å². The van der Waals surface area contributed by atoms with E-state index >= 15 is 0 Å². The summed E-state index contributed by atoms with van der Waals surface area (Å²) in [5, 5.41) is -0.00222. The first-order valence-electron chi connectivity index (χ1n) is 10.3. The van der Waals surface area contributed by atoms with E-state index in [1.54, 1.807) is 0 Å². The van der Waals surface area contributed by atoms with E-state index in [1.807, 2.05) is 9.80 Å². The van der Waals surface area contributed by atoms with Crippen LogP contribution in [0.25, 0.3) is 0 Å². The first-order chi connectivity index (χ1) is 13.8. The van der Waals surface area contributed by atoms with E-state index in [2.05, 4.69) is 9.88 Å².